The van der Waals surface area contributed by atoms with Gasteiger partial charge in [0.2, 0.25) is 0 Å². The number of rotatable bonds is 5. The van der Waals surface area contributed by atoms with Gasteiger partial charge in [-0.25, -0.2) is 4.98 Å². The van der Waals surface area contributed by atoms with Gasteiger partial charge in [0.05, 0.1) is 17.2 Å². The fraction of sp³-hybridized carbons (Fsp3) is 0.357. The number of nitrogens with zero attached hydrogens (tertiary/aromatic N) is 2. The van der Waals surface area contributed by atoms with Crippen molar-refractivity contribution >= 4 is 32.6 Å². The van der Waals surface area contributed by atoms with Gasteiger partial charge in [0, 0.05) is 23.9 Å². The van der Waals surface area contributed by atoms with Gasteiger partial charge in [-0.15, -0.1) is 0 Å². The lowest BCUT2D eigenvalue weighted by atomic mass is 10.2. The van der Waals surface area contributed by atoms with E-state index in [2.05, 4.69) is 20.9 Å². The summed E-state index contributed by atoms with van der Waals surface area (Å²) in [7, 11) is 0. The van der Waals surface area contributed by atoms with Gasteiger partial charge < -0.3 is 0 Å². The number of benzene rings is 1. The summed E-state index contributed by atoms with van der Waals surface area (Å²) in [6.07, 6.45) is 3.29. The van der Waals surface area contributed by atoms with E-state index in [4.69, 9.17) is 0 Å². The normalized spacial score (nSPS) is 10.8. The Kier molecular flexibility index (Phi) is 4.47. The summed E-state index contributed by atoms with van der Waals surface area (Å²) in [5, 5.41) is 0.596. The standard InChI is InChI=1S/C14H15BrN2O2/c1-2-11(18)4-3-7-17-9-16-13-6-5-10(15)8-12(13)14(17)19/h5-6,8-9H,2-4,7H2,1H3. The Morgan fingerprint density at radius 1 is 1.42 bits per heavy atom. The molecule has 2 rings (SSSR count). The fourth-order valence-corrected chi connectivity index (χ4v) is 2.27. The molecule has 0 N–H and O–H groups in total. The number of aryl methyl sites for hydroxylation is 1. The highest BCUT2D eigenvalue weighted by atomic mass is 79.9. The molecule has 5 heteroatoms. The number of hydrogen-bond acceptors (Lipinski definition) is 3. The minimum atomic E-state index is -0.0600. The zero-order chi connectivity index (χ0) is 13.8. The van der Waals surface area contributed by atoms with Crippen molar-refractivity contribution in [2.24, 2.45) is 0 Å². The van der Waals surface area contributed by atoms with Gasteiger partial charge in [-0.05, 0) is 24.6 Å². The highest BCUT2D eigenvalue weighted by Gasteiger charge is 2.05. The SMILES string of the molecule is CCC(=O)CCCn1cnc2ccc(Br)cc2c1=O. The minimum absolute atomic E-state index is 0.0600. The average molecular weight is 323 g/mol. The number of halogens is 1. The molecule has 0 amide bonds. The summed E-state index contributed by atoms with van der Waals surface area (Å²) in [5.41, 5.74) is 0.629. The lowest BCUT2D eigenvalue weighted by Gasteiger charge is -2.06. The van der Waals surface area contributed by atoms with Crippen molar-refractivity contribution in [1.82, 2.24) is 9.55 Å². The second-order valence-corrected chi connectivity index (χ2v) is 5.32. The predicted molar refractivity (Wildman–Crippen MR) is 78.2 cm³/mol. The molecule has 0 fully saturated rings. The summed E-state index contributed by atoms with van der Waals surface area (Å²) in [6, 6.07) is 5.45. The molecule has 0 aliphatic rings. The van der Waals surface area contributed by atoms with Crippen molar-refractivity contribution in [3.8, 4) is 0 Å². The first-order valence-corrected chi connectivity index (χ1v) is 7.07. The molecule has 1 aromatic carbocycles. The van der Waals surface area contributed by atoms with Gasteiger partial charge in [0.15, 0.2) is 0 Å². The number of carbonyl (C=O) groups is 1. The van der Waals surface area contributed by atoms with Crippen molar-refractivity contribution in [2.45, 2.75) is 32.7 Å². The lowest BCUT2D eigenvalue weighted by molar-refractivity contribution is -0.118. The average Bonchev–Trinajstić information content (AvgIpc) is 2.41. The second kappa shape index (κ2) is 6.10. The Balaban J connectivity index is 2.22. The number of aromatic nitrogens is 2. The van der Waals surface area contributed by atoms with Gasteiger partial charge >= 0.3 is 0 Å². The van der Waals surface area contributed by atoms with Gasteiger partial charge in [0.25, 0.3) is 5.56 Å². The minimum Gasteiger partial charge on any atom is -0.300 e. The second-order valence-electron chi connectivity index (χ2n) is 4.40. The molecule has 1 aromatic heterocycles. The van der Waals surface area contributed by atoms with E-state index >= 15 is 0 Å². The van der Waals surface area contributed by atoms with Gasteiger partial charge in [0.1, 0.15) is 5.78 Å². The van der Waals surface area contributed by atoms with Crippen molar-refractivity contribution in [3.05, 3.63) is 39.4 Å². The Hall–Kier alpha value is -1.49. The summed E-state index contributed by atoms with van der Waals surface area (Å²) in [6.45, 7) is 2.38. The quantitative estimate of drug-likeness (QED) is 0.850. The monoisotopic (exact) mass is 322 g/mol. The van der Waals surface area contributed by atoms with E-state index in [1.807, 2.05) is 19.1 Å². The Morgan fingerprint density at radius 2 is 2.21 bits per heavy atom. The third-order valence-corrected chi connectivity index (χ3v) is 3.53. The molecule has 2 aromatic rings. The molecule has 0 aliphatic heterocycles. The zero-order valence-electron chi connectivity index (χ0n) is 10.7. The van der Waals surface area contributed by atoms with Crippen LogP contribution in [0.4, 0.5) is 0 Å². The van der Waals surface area contributed by atoms with Gasteiger partial charge in [-0.3, -0.25) is 14.2 Å². The molecule has 0 aliphatic carbocycles. The Bertz CT molecular complexity index is 664. The molecule has 0 saturated carbocycles. The Labute approximate surface area is 119 Å². The summed E-state index contributed by atoms with van der Waals surface area (Å²) in [5.74, 6) is 0.226. The van der Waals surface area contributed by atoms with Crippen molar-refractivity contribution in [3.63, 3.8) is 0 Å². The van der Waals surface area contributed by atoms with Gasteiger partial charge in [-0.2, -0.15) is 0 Å². The molecule has 100 valence electrons. The third-order valence-electron chi connectivity index (χ3n) is 3.04. The maximum atomic E-state index is 12.2. The van der Waals surface area contributed by atoms with Crippen molar-refractivity contribution < 1.29 is 4.79 Å². The van der Waals surface area contributed by atoms with Crippen molar-refractivity contribution in [2.75, 3.05) is 0 Å². The first-order valence-electron chi connectivity index (χ1n) is 6.28. The molecule has 0 spiro atoms. The van der Waals surface area contributed by atoms with E-state index in [-0.39, 0.29) is 11.3 Å². The Morgan fingerprint density at radius 3 is 2.95 bits per heavy atom. The number of hydrogen-bond donors (Lipinski definition) is 0. The fourth-order valence-electron chi connectivity index (χ4n) is 1.91. The summed E-state index contributed by atoms with van der Waals surface area (Å²) >= 11 is 3.35. The van der Waals surface area contributed by atoms with Crippen LogP contribution in [0.25, 0.3) is 10.9 Å². The molecule has 0 saturated heterocycles. The van der Waals surface area contributed by atoms with Crippen LogP contribution in [-0.4, -0.2) is 15.3 Å². The first-order chi connectivity index (χ1) is 9.11. The topological polar surface area (TPSA) is 52.0 Å². The third kappa shape index (κ3) is 3.29. The number of fused-ring (bicyclic) bond motifs is 1. The molecule has 0 radical (unpaired) electrons. The van der Waals surface area contributed by atoms with Crippen LogP contribution in [0, 0.1) is 0 Å². The molecule has 4 nitrogen and oxygen atoms in total. The molecule has 1 heterocycles. The molecule has 19 heavy (non-hydrogen) atoms. The molecular formula is C14H15BrN2O2. The molecule has 0 atom stereocenters. The maximum Gasteiger partial charge on any atom is 0.261 e. The van der Waals surface area contributed by atoms with Crippen LogP contribution in [0.2, 0.25) is 0 Å². The largest absolute Gasteiger partial charge is 0.300 e. The summed E-state index contributed by atoms with van der Waals surface area (Å²) < 4.78 is 2.43. The van der Waals surface area contributed by atoms with Crippen molar-refractivity contribution in [1.29, 1.82) is 0 Å². The maximum absolute atomic E-state index is 12.2. The van der Waals surface area contributed by atoms with Crippen LogP contribution in [0.1, 0.15) is 26.2 Å². The van der Waals surface area contributed by atoms with E-state index in [1.54, 1.807) is 17.0 Å². The number of ketones is 1. The molecule has 0 bridgehead atoms. The van der Waals surface area contributed by atoms with Crippen LogP contribution in [0.3, 0.4) is 0 Å². The van der Waals surface area contributed by atoms with E-state index in [0.29, 0.717) is 36.7 Å². The van der Waals surface area contributed by atoms with E-state index in [1.165, 1.54) is 0 Å². The van der Waals surface area contributed by atoms with Crippen LogP contribution >= 0.6 is 15.9 Å². The predicted octanol–water partition coefficient (Wildman–Crippen LogP) is 2.92. The molecule has 0 unspecified atom stereocenters. The smallest absolute Gasteiger partial charge is 0.261 e. The number of carbonyl (C=O) groups excluding carboxylic acids is 1. The zero-order valence-corrected chi connectivity index (χ0v) is 12.3. The van der Waals surface area contributed by atoms with Crippen LogP contribution < -0.4 is 5.56 Å². The van der Waals surface area contributed by atoms with Gasteiger partial charge in [-0.1, -0.05) is 22.9 Å². The lowest BCUT2D eigenvalue weighted by Crippen LogP contribution is -2.21. The van der Waals surface area contributed by atoms with E-state index < -0.39 is 0 Å². The van der Waals surface area contributed by atoms with E-state index in [9.17, 15) is 9.59 Å². The van der Waals surface area contributed by atoms with E-state index in [0.717, 1.165) is 4.47 Å². The van der Waals surface area contributed by atoms with Crippen LogP contribution in [0.15, 0.2) is 33.8 Å². The highest BCUT2D eigenvalue weighted by Crippen LogP contribution is 2.14. The highest BCUT2D eigenvalue weighted by molar-refractivity contribution is 9.10. The summed E-state index contributed by atoms with van der Waals surface area (Å²) in [4.78, 5) is 27.7. The first kappa shape index (κ1) is 13.9. The number of Topliss-reactive ketones (excluding diaryl/α,β-unsaturated/α-hetero) is 1. The molecular weight excluding hydrogens is 308 g/mol. The van der Waals surface area contributed by atoms with Crippen LogP contribution in [0.5, 0.6) is 0 Å². The van der Waals surface area contributed by atoms with Crippen LogP contribution in [-0.2, 0) is 11.3 Å².